The number of β-lactam (4-membered cyclic amide) rings is 1. The molecular formula is C16H16N8O5S4. The Balaban J connectivity index is 1.43. The number of aryl methyl sites for hydroxylation is 1. The lowest BCUT2D eigenvalue weighted by atomic mass is 10.0. The van der Waals surface area contributed by atoms with E-state index in [4.69, 9.17) is 11.5 Å². The number of carboxylic acids is 1. The first-order valence-electron chi connectivity index (χ1n) is 9.16. The first kappa shape index (κ1) is 23.3. The van der Waals surface area contributed by atoms with E-state index in [1.165, 1.54) is 33.8 Å². The number of thiazole rings is 1. The van der Waals surface area contributed by atoms with Crippen LogP contribution in [0.3, 0.4) is 0 Å². The highest BCUT2D eigenvalue weighted by Crippen LogP contribution is 2.43. The number of nitrogens with one attached hydrogen (secondary N) is 1. The number of fused-ring (bicyclic) bond motifs is 1. The van der Waals surface area contributed by atoms with Crippen molar-refractivity contribution in [2.24, 2.45) is 5.16 Å². The predicted octanol–water partition coefficient (Wildman–Crippen LogP) is 0.00930. The van der Waals surface area contributed by atoms with Crippen LogP contribution >= 0.6 is 46.4 Å². The van der Waals surface area contributed by atoms with Crippen LogP contribution in [0.5, 0.6) is 0 Å². The zero-order chi connectivity index (χ0) is 23.7. The van der Waals surface area contributed by atoms with Crippen LogP contribution in [0.25, 0.3) is 0 Å². The standard InChI is InChI=1S/C16H16N8O5S4/c17-15-19-5(3-32-15)8(22-29)11(25)21-9-12(26)24-10(14(27)28)6(4-31-13(9)24)30-2-1-7-20-16(18)33-23-7/h3,9,13,29H,1-2,4H2,(H2,17,19)(H,21,25)(H,27,28)(H2,18,20,23)/b22-8-/t9-,13-/m1/s1. The number of anilines is 2. The molecule has 13 nitrogen and oxygen atoms in total. The van der Waals surface area contributed by atoms with Crippen molar-refractivity contribution in [1.82, 2.24) is 24.6 Å². The summed E-state index contributed by atoms with van der Waals surface area (Å²) in [7, 11) is 0. The number of hydrogen-bond acceptors (Lipinski definition) is 14. The molecule has 4 heterocycles. The van der Waals surface area contributed by atoms with Crippen molar-refractivity contribution in [3.8, 4) is 0 Å². The van der Waals surface area contributed by atoms with Crippen LogP contribution in [-0.4, -0.2) is 76.0 Å². The number of carbonyl (C=O) groups excluding carboxylic acids is 2. The van der Waals surface area contributed by atoms with E-state index in [2.05, 4.69) is 24.8 Å². The molecule has 1 fully saturated rings. The van der Waals surface area contributed by atoms with Crippen LogP contribution in [0.15, 0.2) is 21.1 Å². The van der Waals surface area contributed by atoms with Gasteiger partial charge in [-0.15, -0.1) is 34.9 Å². The van der Waals surface area contributed by atoms with Crippen molar-refractivity contribution in [3.63, 3.8) is 0 Å². The molecule has 0 aliphatic carbocycles. The highest BCUT2D eigenvalue weighted by molar-refractivity contribution is 8.06. The zero-order valence-electron chi connectivity index (χ0n) is 16.5. The molecular weight excluding hydrogens is 512 g/mol. The average molecular weight is 529 g/mol. The molecule has 174 valence electrons. The molecule has 33 heavy (non-hydrogen) atoms. The second-order valence-corrected chi connectivity index (χ2v) is 10.6. The van der Waals surface area contributed by atoms with Crippen LogP contribution in [0.4, 0.5) is 10.3 Å². The maximum absolute atomic E-state index is 12.8. The number of oxime groups is 1. The van der Waals surface area contributed by atoms with E-state index in [-0.39, 0.29) is 16.5 Å². The molecule has 0 unspecified atom stereocenters. The van der Waals surface area contributed by atoms with Crippen LogP contribution in [0.2, 0.25) is 0 Å². The second-order valence-electron chi connectivity index (χ2n) is 6.60. The van der Waals surface area contributed by atoms with Crippen LogP contribution < -0.4 is 16.8 Å². The highest BCUT2D eigenvalue weighted by Gasteiger charge is 2.54. The van der Waals surface area contributed by atoms with Gasteiger partial charge in [0.1, 0.15) is 28.6 Å². The summed E-state index contributed by atoms with van der Waals surface area (Å²) < 4.78 is 4.10. The lowest BCUT2D eigenvalue weighted by Crippen LogP contribution is -2.71. The number of nitrogens with two attached hydrogens (primary N) is 2. The summed E-state index contributed by atoms with van der Waals surface area (Å²) in [6.07, 6.45) is 0.500. The summed E-state index contributed by atoms with van der Waals surface area (Å²) in [4.78, 5) is 46.9. The quantitative estimate of drug-likeness (QED) is 0.133. The fraction of sp³-hybridized carbons (Fsp3) is 0.312. The number of hydrogen-bond donors (Lipinski definition) is 5. The summed E-state index contributed by atoms with van der Waals surface area (Å²) in [6.45, 7) is 0. The van der Waals surface area contributed by atoms with E-state index in [0.717, 1.165) is 22.9 Å². The van der Waals surface area contributed by atoms with Gasteiger partial charge in [0.2, 0.25) is 0 Å². The van der Waals surface area contributed by atoms with Gasteiger partial charge >= 0.3 is 5.97 Å². The number of aliphatic carboxylic acids is 1. The summed E-state index contributed by atoms with van der Waals surface area (Å²) >= 11 is 4.79. The zero-order valence-corrected chi connectivity index (χ0v) is 19.8. The molecule has 2 amide bonds. The Bertz CT molecular complexity index is 1180. The van der Waals surface area contributed by atoms with Crippen LogP contribution in [0, 0.1) is 0 Å². The minimum Gasteiger partial charge on any atom is -0.477 e. The molecule has 0 saturated carbocycles. The van der Waals surface area contributed by atoms with Crippen molar-refractivity contribution < 1.29 is 24.7 Å². The Kier molecular flexibility index (Phi) is 6.73. The molecule has 2 aliphatic heterocycles. The van der Waals surface area contributed by atoms with Gasteiger partial charge < -0.3 is 27.1 Å². The van der Waals surface area contributed by atoms with Crippen molar-refractivity contribution in [1.29, 1.82) is 0 Å². The van der Waals surface area contributed by atoms with Crippen molar-refractivity contribution in [3.05, 3.63) is 27.5 Å². The maximum atomic E-state index is 12.8. The summed E-state index contributed by atoms with van der Waals surface area (Å²) in [5.74, 6) is -1.17. The maximum Gasteiger partial charge on any atom is 0.353 e. The topological polar surface area (TPSA) is 210 Å². The Morgan fingerprint density at radius 3 is 2.73 bits per heavy atom. The molecule has 2 atom stereocenters. The molecule has 4 rings (SSSR count). The van der Waals surface area contributed by atoms with Gasteiger partial charge in [-0.05, 0) is 0 Å². The SMILES string of the molecule is Nc1nc(/C(=N/O)C(=O)N[C@@H]2C(=O)N3C(C(=O)O)=C(SCCc4nsc(N)n4)CS[C@H]23)cs1. The number of aromatic nitrogens is 3. The number of carboxylic acid groups (broad SMARTS) is 1. The van der Waals surface area contributed by atoms with E-state index < -0.39 is 34.9 Å². The molecule has 2 aromatic heterocycles. The third-order valence-electron chi connectivity index (χ3n) is 4.59. The Morgan fingerprint density at radius 2 is 2.12 bits per heavy atom. The second kappa shape index (κ2) is 9.54. The summed E-state index contributed by atoms with van der Waals surface area (Å²) in [5, 5.41) is 25.8. The molecule has 1 saturated heterocycles. The molecule has 2 aromatic rings. The molecule has 0 bridgehead atoms. The number of nitrogen functional groups attached to an aromatic ring is 2. The van der Waals surface area contributed by atoms with Gasteiger partial charge in [0.25, 0.3) is 11.8 Å². The molecule has 0 aromatic carbocycles. The molecule has 17 heteroatoms. The monoisotopic (exact) mass is 528 g/mol. The van der Waals surface area contributed by atoms with E-state index in [1.54, 1.807) is 0 Å². The van der Waals surface area contributed by atoms with E-state index in [1.807, 2.05) is 0 Å². The molecule has 7 N–H and O–H groups in total. The minimum absolute atomic E-state index is 0.0681. The number of amides is 2. The van der Waals surface area contributed by atoms with Crippen LogP contribution in [-0.2, 0) is 20.8 Å². The minimum atomic E-state index is -1.23. The van der Waals surface area contributed by atoms with E-state index in [9.17, 15) is 24.7 Å². The van der Waals surface area contributed by atoms with Crippen molar-refractivity contribution in [2.75, 3.05) is 23.0 Å². The predicted molar refractivity (Wildman–Crippen MR) is 125 cm³/mol. The Morgan fingerprint density at radius 1 is 1.33 bits per heavy atom. The molecule has 0 radical (unpaired) electrons. The van der Waals surface area contributed by atoms with Gasteiger partial charge in [-0.3, -0.25) is 14.5 Å². The molecule has 2 aliphatic rings. The largest absolute Gasteiger partial charge is 0.477 e. The van der Waals surface area contributed by atoms with E-state index >= 15 is 0 Å². The Hall–Kier alpha value is -2.89. The smallest absolute Gasteiger partial charge is 0.353 e. The number of nitrogens with zero attached hydrogens (tertiary/aromatic N) is 5. The normalized spacial score (nSPS) is 20.4. The van der Waals surface area contributed by atoms with Gasteiger partial charge in [0, 0.05) is 39.7 Å². The van der Waals surface area contributed by atoms with Gasteiger partial charge in [-0.2, -0.15) is 4.37 Å². The first-order chi connectivity index (χ1) is 15.8. The average Bonchev–Trinajstić information content (AvgIpc) is 3.39. The Labute approximate surface area is 202 Å². The fourth-order valence-corrected chi connectivity index (χ4v) is 6.76. The molecule has 0 spiro atoms. The van der Waals surface area contributed by atoms with Gasteiger partial charge in [-0.25, -0.2) is 14.8 Å². The third kappa shape index (κ3) is 4.61. The fourth-order valence-electron chi connectivity index (χ4n) is 3.15. The van der Waals surface area contributed by atoms with Gasteiger partial charge in [-0.1, -0.05) is 5.16 Å². The lowest BCUT2D eigenvalue weighted by molar-refractivity contribution is -0.150. The summed E-state index contributed by atoms with van der Waals surface area (Å²) in [6, 6.07) is -0.974. The van der Waals surface area contributed by atoms with E-state index in [0.29, 0.717) is 33.8 Å². The third-order valence-corrected chi connectivity index (χ3v) is 8.40. The number of thioether (sulfide) groups is 2. The summed E-state index contributed by atoms with van der Waals surface area (Å²) in [5.41, 5.74) is 10.7. The van der Waals surface area contributed by atoms with Gasteiger partial charge in [0.05, 0.1) is 0 Å². The van der Waals surface area contributed by atoms with Crippen molar-refractivity contribution in [2.45, 2.75) is 17.8 Å². The lowest BCUT2D eigenvalue weighted by Gasteiger charge is -2.49. The van der Waals surface area contributed by atoms with Crippen LogP contribution in [0.1, 0.15) is 11.5 Å². The number of carbonyl (C=O) groups is 3. The van der Waals surface area contributed by atoms with Gasteiger partial charge in [0.15, 0.2) is 16.0 Å². The number of rotatable bonds is 8. The first-order valence-corrected chi connectivity index (χ1v) is 12.8. The van der Waals surface area contributed by atoms with Crippen molar-refractivity contribution >= 4 is 80.2 Å². The highest BCUT2D eigenvalue weighted by atomic mass is 32.2.